The Kier molecular flexibility index (Phi) is 8.69. The second-order valence-corrected chi connectivity index (χ2v) is 9.37. The standard InChI is InChI=1S/C24H40BN5/c1-18(2)29(19(3)4)27-15-16-28(30(20(5)6)21(7)8)25(27)22(9)24(17-26)23-13-11-10-12-14-23/h10-14,18-21H,15-16H2,1-9H3/b24-22+. The van der Waals surface area contributed by atoms with Crippen LogP contribution in [0.3, 0.4) is 0 Å². The van der Waals surface area contributed by atoms with Crippen molar-refractivity contribution < 1.29 is 0 Å². The van der Waals surface area contributed by atoms with Gasteiger partial charge in [-0.15, -0.1) is 0 Å². The monoisotopic (exact) mass is 409 g/mol. The average Bonchev–Trinajstić information content (AvgIpc) is 3.05. The fourth-order valence-electron chi connectivity index (χ4n) is 5.03. The Morgan fingerprint density at radius 3 is 1.57 bits per heavy atom. The first-order chi connectivity index (χ1) is 14.1. The molecule has 0 amide bonds. The van der Waals surface area contributed by atoms with E-state index < -0.39 is 0 Å². The zero-order valence-electron chi connectivity index (χ0n) is 20.4. The third kappa shape index (κ3) is 5.15. The van der Waals surface area contributed by atoms with Gasteiger partial charge in [0.05, 0.1) is 11.6 Å². The minimum atomic E-state index is 0.0226. The molecule has 0 atom stereocenters. The molecule has 0 N–H and O–H groups in total. The van der Waals surface area contributed by atoms with Crippen molar-refractivity contribution in [3.63, 3.8) is 0 Å². The van der Waals surface area contributed by atoms with Gasteiger partial charge in [-0.25, -0.2) is 10.0 Å². The summed E-state index contributed by atoms with van der Waals surface area (Å²) in [5, 5.41) is 15.1. The molecule has 0 saturated carbocycles. The molecule has 0 aliphatic carbocycles. The van der Waals surface area contributed by atoms with Gasteiger partial charge in [0.2, 0.25) is 0 Å². The molecule has 30 heavy (non-hydrogen) atoms. The maximum atomic E-state index is 10.1. The molecule has 1 aromatic carbocycles. The fourth-order valence-corrected chi connectivity index (χ4v) is 5.03. The largest absolute Gasteiger partial charge is 0.372 e. The van der Waals surface area contributed by atoms with Crippen molar-refractivity contribution in [2.24, 2.45) is 0 Å². The number of hydrogen-bond acceptors (Lipinski definition) is 5. The van der Waals surface area contributed by atoms with Crippen molar-refractivity contribution in [1.29, 1.82) is 5.26 Å². The first-order valence-corrected chi connectivity index (χ1v) is 11.4. The van der Waals surface area contributed by atoms with Gasteiger partial charge >= 0.3 is 6.98 Å². The van der Waals surface area contributed by atoms with Gasteiger partial charge in [-0.2, -0.15) is 5.26 Å². The molecule has 1 aliphatic rings. The topological polar surface area (TPSA) is 36.8 Å². The molecule has 1 saturated heterocycles. The highest BCUT2D eigenvalue weighted by atomic mass is 15.7. The van der Waals surface area contributed by atoms with E-state index in [1.54, 1.807) is 0 Å². The molecular weight excluding hydrogens is 369 g/mol. The van der Waals surface area contributed by atoms with Gasteiger partial charge in [0.1, 0.15) is 0 Å². The third-order valence-corrected chi connectivity index (χ3v) is 5.79. The number of allylic oxidation sites excluding steroid dienone is 2. The second kappa shape index (κ2) is 10.6. The third-order valence-electron chi connectivity index (χ3n) is 5.79. The summed E-state index contributed by atoms with van der Waals surface area (Å²) in [5.41, 5.74) is 2.88. The van der Waals surface area contributed by atoms with Crippen LogP contribution in [0.2, 0.25) is 0 Å². The van der Waals surface area contributed by atoms with Gasteiger partial charge in [0.25, 0.3) is 0 Å². The Morgan fingerprint density at radius 1 is 0.833 bits per heavy atom. The molecule has 1 aliphatic heterocycles. The van der Waals surface area contributed by atoms with Gasteiger partial charge in [0, 0.05) is 37.3 Å². The fraction of sp³-hybridized carbons (Fsp3) is 0.625. The van der Waals surface area contributed by atoms with Crippen LogP contribution >= 0.6 is 0 Å². The summed E-state index contributed by atoms with van der Waals surface area (Å²) in [7, 11) is 0. The van der Waals surface area contributed by atoms with Crippen LogP contribution < -0.4 is 0 Å². The number of hydrazine groups is 2. The van der Waals surface area contributed by atoms with Gasteiger partial charge < -0.3 is 0 Å². The predicted molar refractivity (Wildman–Crippen MR) is 128 cm³/mol. The van der Waals surface area contributed by atoms with E-state index >= 15 is 0 Å². The maximum absolute atomic E-state index is 10.1. The minimum Gasteiger partial charge on any atom is -0.257 e. The van der Waals surface area contributed by atoms with E-state index in [9.17, 15) is 5.26 Å². The van der Waals surface area contributed by atoms with Crippen LogP contribution in [0.1, 0.15) is 67.9 Å². The van der Waals surface area contributed by atoms with Crippen molar-refractivity contribution in [2.45, 2.75) is 86.5 Å². The maximum Gasteiger partial charge on any atom is 0.372 e. The quantitative estimate of drug-likeness (QED) is 0.460. The normalized spacial score (nSPS) is 17.2. The lowest BCUT2D eigenvalue weighted by atomic mass is 9.64. The van der Waals surface area contributed by atoms with E-state index in [-0.39, 0.29) is 6.98 Å². The summed E-state index contributed by atoms with van der Waals surface area (Å²) >= 11 is 0. The molecule has 1 fully saturated rings. The SMILES string of the molecule is C/C(B1N(N(C(C)C)C(C)C)CCN1N(C(C)C)C(C)C)=C(/C#N)c1ccccc1. The highest BCUT2D eigenvalue weighted by Gasteiger charge is 2.46. The van der Waals surface area contributed by atoms with Crippen molar-refractivity contribution in [3.8, 4) is 6.07 Å². The summed E-state index contributed by atoms with van der Waals surface area (Å²) in [4.78, 5) is 4.98. The smallest absolute Gasteiger partial charge is 0.257 e. The lowest BCUT2D eigenvalue weighted by Gasteiger charge is -2.45. The Balaban J connectivity index is 2.64. The number of benzene rings is 1. The number of nitrogens with zero attached hydrogens (tertiary/aromatic N) is 5. The lowest BCUT2D eigenvalue weighted by Crippen LogP contribution is -2.62. The van der Waals surface area contributed by atoms with Crippen LogP contribution in [0, 0.1) is 11.3 Å². The summed E-state index contributed by atoms with van der Waals surface area (Å²) in [6.07, 6.45) is 0. The van der Waals surface area contributed by atoms with Gasteiger partial charge in [-0.3, -0.25) is 9.84 Å². The molecule has 5 nitrogen and oxygen atoms in total. The molecule has 6 heteroatoms. The molecule has 0 bridgehead atoms. The summed E-state index contributed by atoms with van der Waals surface area (Å²) in [6.45, 7) is 22.1. The second-order valence-electron chi connectivity index (χ2n) is 9.37. The minimum absolute atomic E-state index is 0.0226. The first kappa shape index (κ1) is 24.6. The van der Waals surface area contributed by atoms with E-state index in [0.29, 0.717) is 24.2 Å². The van der Waals surface area contributed by atoms with Crippen molar-refractivity contribution in [1.82, 2.24) is 19.9 Å². The van der Waals surface area contributed by atoms with Gasteiger partial charge in [-0.05, 0) is 73.3 Å². The van der Waals surface area contributed by atoms with E-state index in [1.807, 2.05) is 30.3 Å². The molecule has 0 spiro atoms. The van der Waals surface area contributed by atoms with Crippen LogP contribution in [0.5, 0.6) is 0 Å². The molecule has 0 unspecified atom stereocenters. The lowest BCUT2D eigenvalue weighted by molar-refractivity contribution is -0.00968. The van der Waals surface area contributed by atoms with Gasteiger partial charge in [0.15, 0.2) is 0 Å². The average molecular weight is 409 g/mol. The van der Waals surface area contributed by atoms with E-state index in [1.165, 1.54) is 0 Å². The first-order valence-electron chi connectivity index (χ1n) is 11.4. The number of hydrogen-bond donors (Lipinski definition) is 0. The molecule has 1 aromatic rings. The summed E-state index contributed by atoms with van der Waals surface area (Å²) in [5.74, 6) is 0. The van der Waals surface area contributed by atoms with Crippen LogP contribution in [0.25, 0.3) is 5.57 Å². The highest BCUT2D eigenvalue weighted by molar-refractivity contribution is 6.63. The Labute approximate surface area is 185 Å². The molecular formula is C24H40BN5. The predicted octanol–water partition coefficient (Wildman–Crippen LogP) is 4.70. The Bertz CT molecular complexity index is 707. The van der Waals surface area contributed by atoms with Gasteiger partial charge in [-0.1, -0.05) is 30.3 Å². The Morgan fingerprint density at radius 2 is 1.23 bits per heavy atom. The Hall–Kier alpha value is -1.65. The molecule has 164 valence electrons. The number of rotatable bonds is 8. The van der Waals surface area contributed by atoms with Crippen molar-refractivity contribution >= 4 is 12.6 Å². The van der Waals surface area contributed by atoms with E-state index in [4.69, 9.17) is 0 Å². The van der Waals surface area contributed by atoms with Crippen molar-refractivity contribution in [3.05, 3.63) is 41.4 Å². The summed E-state index contributed by atoms with van der Waals surface area (Å²) < 4.78 is 0. The van der Waals surface area contributed by atoms with Crippen LogP contribution in [0.15, 0.2) is 35.8 Å². The van der Waals surface area contributed by atoms with Crippen LogP contribution in [-0.2, 0) is 0 Å². The zero-order chi connectivity index (χ0) is 22.6. The molecule has 0 radical (unpaired) electrons. The summed E-state index contributed by atoms with van der Waals surface area (Å²) in [6, 6.07) is 14.1. The van der Waals surface area contributed by atoms with Crippen LogP contribution in [-0.4, -0.2) is 64.1 Å². The molecule has 1 heterocycles. The van der Waals surface area contributed by atoms with E-state index in [0.717, 1.165) is 29.7 Å². The zero-order valence-corrected chi connectivity index (χ0v) is 20.4. The molecule has 0 aromatic heterocycles. The van der Waals surface area contributed by atoms with E-state index in [2.05, 4.69) is 88.2 Å². The number of nitriles is 1. The van der Waals surface area contributed by atoms with Crippen molar-refractivity contribution in [2.75, 3.05) is 13.1 Å². The van der Waals surface area contributed by atoms with Crippen LogP contribution in [0.4, 0.5) is 0 Å². The highest BCUT2D eigenvalue weighted by Crippen LogP contribution is 2.30. The molecule has 2 rings (SSSR count).